The van der Waals surface area contributed by atoms with Gasteiger partial charge in [0.05, 0.1) is 32.5 Å². The highest BCUT2D eigenvalue weighted by Crippen LogP contribution is 2.40. The molecule has 166 valence electrons. The number of methoxy groups -OCH3 is 2. The van der Waals surface area contributed by atoms with Gasteiger partial charge in [0.1, 0.15) is 11.6 Å². The van der Waals surface area contributed by atoms with Crippen molar-refractivity contribution in [3.63, 3.8) is 0 Å². The number of rotatable bonds is 6. The zero-order valence-electron chi connectivity index (χ0n) is 17.9. The lowest BCUT2D eigenvalue weighted by Gasteiger charge is -2.37. The molecule has 5 nitrogen and oxygen atoms in total. The largest absolute Gasteiger partial charge is 0.493 e. The van der Waals surface area contributed by atoms with Crippen molar-refractivity contribution in [1.29, 1.82) is 0 Å². The summed E-state index contributed by atoms with van der Waals surface area (Å²) in [6.45, 7) is 0.672. The summed E-state index contributed by atoms with van der Waals surface area (Å²) in [5.41, 5.74) is 3.14. The van der Waals surface area contributed by atoms with Crippen molar-refractivity contribution in [1.82, 2.24) is 4.90 Å². The van der Waals surface area contributed by atoms with Crippen LogP contribution in [-0.4, -0.2) is 38.1 Å². The number of nitrogens with zero attached hydrogens (tertiary/aromatic N) is 1. The monoisotopic (exact) mass is 438 g/mol. The van der Waals surface area contributed by atoms with Crippen molar-refractivity contribution in [2.45, 2.75) is 12.5 Å². The number of anilines is 1. The summed E-state index contributed by atoms with van der Waals surface area (Å²) in [4.78, 5) is 14.8. The number of nitrogens with one attached hydrogen (secondary N) is 1. The smallest absolute Gasteiger partial charge is 0.238 e. The third-order valence-corrected chi connectivity index (χ3v) is 5.64. The van der Waals surface area contributed by atoms with Gasteiger partial charge in [-0.1, -0.05) is 30.3 Å². The molecule has 0 radical (unpaired) electrons. The summed E-state index contributed by atoms with van der Waals surface area (Å²) in [5.74, 6) is -0.594. The van der Waals surface area contributed by atoms with Crippen LogP contribution in [0.25, 0.3) is 0 Å². The maximum absolute atomic E-state index is 14.0. The van der Waals surface area contributed by atoms with Gasteiger partial charge >= 0.3 is 0 Å². The van der Waals surface area contributed by atoms with E-state index in [1.807, 2.05) is 47.4 Å². The number of hydrogen-bond donors (Lipinski definition) is 1. The Morgan fingerprint density at radius 2 is 1.75 bits per heavy atom. The number of benzene rings is 3. The van der Waals surface area contributed by atoms with Crippen molar-refractivity contribution in [2.24, 2.45) is 0 Å². The third-order valence-electron chi connectivity index (χ3n) is 5.64. The fourth-order valence-electron chi connectivity index (χ4n) is 4.16. The first kappa shape index (κ1) is 21.8. The standard InChI is InChI=1S/C25H24F2N2O3/c1-31-22-12-17-10-11-29(15-24(30)28-21-9-8-18(26)13-20(21)27)25(16-6-4-3-5-7-16)19(17)14-23(22)32-2/h3-9,12-14,25H,10-11,15H2,1-2H3,(H,28,30)/t25-/m0/s1. The molecule has 1 aliphatic rings. The summed E-state index contributed by atoms with van der Waals surface area (Å²) in [6, 6.07) is 16.7. The highest BCUT2D eigenvalue weighted by atomic mass is 19.1. The molecule has 0 unspecified atom stereocenters. The highest BCUT2D eigenvalue weighted by Gasteiger charge is 2.31. The summed E-state index contributed by atoms with van der Waals surface area (Å²) in [7, 11) is 3.19. The molecule has 0 saturated heterocycles. The Kier molecular flexibility index (Phi) is 6.37. The molecular weight excluding hydrogens is 414 g/mol. The second-order valence-corrected chi connectivity index (χ2v) is 7.61. The van der Waals surface area contributed by atoms with E-state index < -0.39 is 11.6 Å². The van der Waals surface area contributed by atoms with E-state index in [1.165, 1.54) is 6.07 Å². The highest BCUT2D eigenvalue weighted by molar-refractivity contribution is 5.92. The van der Waals surface area contributed by atoms with Crippen LogP contribution in [0.4, 0.5) is 14.5 Å². The predicted molar refractivity (Wildman–Crippen MR) is 118 cm³/mol. The molecular formula is C25H24F2N2O3. The zero-order chi connectivity index (χ0) is 22.7. The second-order valence-electron chi connectivity index (χ2n) is 7.61. The van der Waals surface area contributed by atoms with E-state index in [2.05, 4.69) is 5.32 Å². The lowest BCUT2D eigenvalue weighted by molar-refractivity contribution is -0.117. The number of hydrogen-bond acceptors (Lipinski definition) is 4. The van der Waals surface area contributed by atoms with Crippen molar-refractivity contribution in [3.05, 3.63) is 89.0 Å². The van der Waals surface area contributed by atoms with E-state index in [-0.39, 0.29) is 24.2 Å². The minimum atomic E-state index is -0.807. The maximum Gasteiger partial charge on any atom is 0.238 e. The lowest BCUT2D eigenvalue weighted by Crippen LogP contribution is -2.41. The van der Waals surface area contributed by atoms with E-state index in [9.17, 15) is 13.6 Å². The fourth-order valence-corrected chi connectivity index (χ4v) is 4.16. The van der Waals surface area contributed by atoms with E-state index in [1.54, 1.807) is 14.2 Å². The molecule has 1 N–H and O–H groups in total. The SMILES string of the molecule is COc1cc2c(cc1OC)[C@H](c1ccccc1)N(CC(=O)Nc1ccc(F)cc1F)CC2. The van der Waals surface area contributed by atoms with E-state index in [4.69, 9.17) is 9.47 Å². The van der Waals surface area contributed by atoms with Gasteiger partial charge in [0.2, 0.25) is 5.91 Å². The van der Waals surface area contributed by atoms with Crippen LogP contribution in [0.1, 0.15) is 22.7 Å². The van der Waals surface area contributed by atoms with Crippen molar-refractivity contribution >= 4 is 11.6 Å². The second kappa shape index (κ2) is 9.36. The summed E-state index contributed by atoms with van der Waals surface area (Å²) >= 11 is 0. The van der Waals surface area contributed by atoms with Gasteiger partial charge in [0.25, 0.3) is 0 Å². The first-order chi connectivity index (χ1) is 15.5. The fraction of sp³-hybridized carbons (Fsp3) is 0.240. The number of ether oxygens (including phenoxy) is 2. The number of carbonyl (C=O) groups is 1. The topological polar surface area (TPSA) is 50.8 Å². The maximum atomic E-state index is 14.0. The van der Waals surface area contributed by atoms with Crippen molar-refractivity contribution < 1.29 is 23.0 Å². The predicted octanol–water partition coefficient (Wildman–Crippen LogP) is 4.57. The molecule has 1 aliphatic heterocycles. The number of fused-ring (bicyclic) bond motifs is 1. The van der Waals surface area contributed by atoms with Gasteiger partial charge < -0.3 is 14.8 Å². The molecule has 0 aliphatic carbocycles. The Bertz CT molecular complexity index is 1120. The minimum Gasteiger partial charge on any atom is -0.493 e. The van der Waals surface area contributed by atoms with Gasteiger partial charge in [-0.3, -0.25) is 9.69 Å². The first-order valence-corrected chi connectivity index (χ1v) is 10.3. The lowest BCUT2D eigenvalue weighted by atomic mass is 9.87. The van der Waals surface area contributed by atoms with Crippen LogP contribution >= 0.6 is 0 Å². The first-order valence-electron chi connectivity index (χ1n) is 10.3. The molecule has 3 aromatic rings. The molecule has 0 bridgehead atoms. The van der Waals surface area contributed by atoms with Crippen LogP contribution in [-0.2, 0) is 11.2 Å². The average Bonchev–Trinajstić information content (AvgIpc) is 2.80. The van der Waals surface area contributed by atoms with Crippen LogP contribution < -0.4 is 14.8 Å². The van der Waals surface area contributed by atoms with Crippen molar-refractivity contribution in [2.75, 3.05) is 32.6 Å². The van der Waals surface area contributed by atoms with Crippen molar-refractivity contribution in [3.8, 4) is 11.5 Å². The molecule has 0 saturated carbocycles. The Hall–Kier alpha value is -3.45. The Labute approximate surface area is 185 Å². The van der Waals surface area contributed by atoms with Gasteiger partial charge in [0, 0.05) is 12.6 Å². The van der Waals surface area contributed by atoms with Crippen LogP contribution in [0.5, 0.6) is 11.5 Å². The Balaban J connectivity index is 1.65. The van der Waals surface area contributed by atoms with Gasteiger partial charge in [-0.15, -0.1) is 0 Å². The van der Waals surface area contributed by atoms with Gasteiger partial charge in [-0.2, -0.15) is 0 Å². The number of carbonyl (C=O) groups excluding carboxylic acids is 1. The zero-order valence-corrected chi connectivity index (χ0v) is 17.9. The molecule has 3 aromatic carbocycles. The summed E-state index contributed by atoms with van der Waals surface area (Å²) in [5, 5.41) is 2.55. The normalized spacial score (nSPS) is 15.7. The van der Waals surface area contributed by atoms with Crippen LogP contribution in [0.3, 0.4) is 0 Å². The Morgan fingerprint density at radius 1 is 1.03 bits per heavy atom. The quantitative estimate of drug-likeness (QED) is 0.613. The van der Waals surface area contributed by atoms with Gasteiger partial charge in [0.15, 0.2) is 11.5 Å². The molecule has 0 spiro atoms. The molecule has 1 heterocycles. The van der Waals surface area contributed by atoms with Crippen LogP contribution in [0.15, 0.2) is 60.7 Å². The molecule has 7 heteroatoms. The molecule has 0 fully saturated rings. The van der Waals surface area contributed by atoms with E-state index >= 15 is 0 Å². The minimum absolute atomic E-state index is 0.0449. The summed E-state index contributed by atoms with van der Waals surface area (Å²) < 4.78 is 38.1. The Morgan fingerprint density at radius 3 is 2.44 bits per heavy atom. The third kappa shape index (κ3) is 4.43. The number of amides is 1. The average molecular weight is 438 g/mol. The molecule has 4 rings (SSSR count). The van der Waals surface area contributed by atoms with E-state index in [0.29, 0.717) is 18.0 Å². The molecule has 1 amide bonds. The molecule has 0 aromatic heterocycles. The molecule has 1 atom stereocenters. The number of halogens is 2. The van der Waals surface area contributed by atoms with Crippen LogP contribution in [0.2, 0.25) is 0 Å². The molecule has 32 heavy (non-hydrogen) atoms. The van der Waals surface area contributed by atoms with Gasteiger partial charge in [-0.05, 0) is 47.4 Å². The van der Waals surface area contributed by atoms with Crippen LogP contribution in [0, 0.1) is 11.6 Å². The van der Waals surface area contributed by atoms with E-state index in [0.717, 1.165) is 35.2 Å². The summed E-state index contributed by atoms with van der Waals surface area (Å²) in [6.07, 6.45) is 0.719. The van der Waals surface area contributed by atoms with Gasteiger partial charge in [-0.25, -0.2) is 8.78 Å².